The first-order valence-electron chi connectivity index (χ1n) is 12.9. The van der Waals surface area contributed by atoms with Gasteiger partial charge in [-0.2, -0.15) is 0 Å². The number of hydrogen-bond acceptors (Lipinski definition) is 4. The van der Waals surface area contributed by atoms with Crippen molar-refractivity contribution >= 4 is 50.7 Å². The molecular weight excluding hydrogens is 576 g/mol. The summed E-state index contributed by atoms with van der Waals surface area (Å²) in [4.78, 5) is 28.5. The molecule has 11 heteroatoms. The summed E-state index contributed by atoms with van der Waals surface area (Å²) in [6.07, 6.45) is 0.930. The molecule has 0 unspecified atom stereocenters. The van der Waals surface area contributed by atoms with Crippen LogP contribution in [0.15, 0.2) is 77.7 Å². The van der Waals surface area contributed by atoms with Crippen LogP contribution >= 0.6 is 23.2 Å². The van der Waals surface area contributed by atoms with Gasteiger partial charge >= 0.3 is 0 Å². The van der Waals surface area contributed by atoms with Crippen molar-refractivity contribution in [2.45, 2.75) is 57.1 Å². The lowest BCUT2D eigenvalue weighted by atomic mass is 10.1. The van der Waals surface area contributed by atoms with E-state index in [4.69, 9.17) is 23.2 Å². The minimum Gasteiger partial charge on any atom is -0.352 e. The molecule has 40 heavy (non-hydrogen) atoms. The summed E-state index contributed by atoms with van der Waals surface area (Å²) in [5.74, 6) is -1.89. The first kappa shape index (κ1) is 31.4. The minimum atomic E-state index is -4.36. The van der Waals surface area contributed by atoms with Crippen molar-refractivity contribution in [3.63, 3.8) is 0 Å². The Morgan fingerprint density at radius 2 is 1.57 bits per heavy atom. The zero-order chi connectivity index (χ0) is 29.4. The van der Waals surface area contributed by atoms with E-state index in [1.165, 1.54) is 47.4 Å². The summed E-state index contributed by atoms with van der Waals surface area (Å²) in [5, 5.41) is 3.49. The summed E-state index contributed by atoms with van der Waals surface area (Å²) in [6, 6.07) is 16.5. The molecule has 0 aliphatic carbocycles. The SMILES string of the molecule is CC[C@H](C)NC(=O)[C@H](CC)N(Cc1ccc(Cl)c(Cl)c1)C(=O)CN(c1ccccc1F)S(=O)(=O)c1ccccc1. The van der Waals surface area contributed by atoms with Crippen LogP contribution < -0.4 is 9.62 Å². The summed E-state index contributed by atoms with van der Waals surface area (Å²) in [5.41, 5.74) is 0.298. The monoisotopic (exact) mass is 607 g/mol. The van der Waals surface area contributed by atoms with E-state index in [9.17, 15) is 22.4 Å². The second-order valence-corrected chi connectivity index (χ2v) is 12.0. The van der Waals surface area contributed by atoms with E-state index in [-0.39, 0.29) is 40.5 Å². The highest BCUT2D eigenvalue weighted by Crippen LogP contribution is 2.28. The average molecular weight is 609 g/mol. The van der Waals surface area contributed by atoms with Crippen LogP contribution in [0.1, 0.15) is 39.2 Å². The third-order valence-corrected chi connectivity index (χ3v) is 8.97. The van der Waals surface area contributed by atoms with Gasteiger partial charge in [0.15, 0.2) is 0 Å². The Morgan fingerprint density at radius 1 is 0.925 bits per heavy atom. The first-order chi connectivity index (χ1) is 19.0. The molecule has 0 aliphatic rings. The van der Waals surface area contributed by atoms with Crippen LogP contribution in [0.4, 0.5) is 10.1 Å². The lowest BCUT2D eigenvalue weighted by Crippen LogP contribution is -2.53. The number of nitrogens with zero attached hydrogens (tertiary/aromatic N) is 2. The lowest BCUT2D eigenvalue weighted by molar-refractivity contribution is -0.140. The Morgan fingerprint density at radius 3 is 2.17 bits per heavy atom. The number of para-hydroxylation sites is 1. The molecule has 3 rings (SSSR count). The van der Waals surface area contributed by atoms with E-state index in [0.717, 1.165) is 10.4 Å². The summed E-state index contributed by atoms with van der Waals surface area (Å²) >= 11 is 12.3. The van der Waals surface area contributed by atoms with Gasteiger partial charge in [-0.15, -0.1) is 0 Å². The molecule has 2 amide bonds. The van der Waals surface area contributed by atoms with Gasteiger partial charge in [0.05, 0.1) is 20.6 Å². The molecule has 0 bridgehead atoms. The van der Waals surface area contributed by atoms with E-state index in [2.05, 4.69) is 5.32 Å². The van der Waals surface area contributed by atoms with Gasteiger partial charge in [0.1, 0.15) is 18.4 Å². The van der Waals surface area contributed by atoms with Crippen LogP contribution in [0.2, 0.25) is 10.0 Å². The van der Waals surface area contributed by atoms with E-state index < -0.39 is 34.3 Å². The van der Waals surface area contributed by atoms with Crippen molar-refractivity contribution in [2.24, 2.45) is 0 Å². The Hall–Kier alpha value is -3.14. The summed E-state index contributed by atoms with van der Waals surface area (Å²) in [7, 11) is -4.36. The molecule has 0 aromatic heterocycles. The molecule has 0 aliphatic heterocycles. The number of anilines is 1. The van der Waals surface area contributed by atoms with E-state index in [0.29, 0.717) is 17.0 Å². The number of sulfonamides is 1. The average Bonchev–Trinajstić information content (AvgIpc) is 2.94. The van der Waals surface area contributed by atoms with Crippen molar-refractivity contribution in [1.29, 1.82) is 0 Å². The van der Waals surface area contributed by atoms with Gasteiger partial charge in [-0.1, -0.05) is 73.4 Å². The normalized spacial score (nSPS) is 12.8. The molecule has 0 radical (unpaired) electrons. The van der Waals surface area contributed by atoms with Crippen LogP contribution in [0.25, 0.3) is 0 Å². The second-order valence-electron chi connectivity index (χ2n) is 9.29. The highest BCUT2D eigenvalue weighted by Gasteiger charge is 2.34. The fourth-order valence-corrected chi connectivity index (χ4v) is 5.85. The molecule has 1 N–H and O–H groups in total. The van der Waals surface area contributed by atoms with Crippen LogP contribution in [0, 0.1) is 5.82 Å². The van der Waals surface area contributed by atoms with E-state index in [1.54, 1.807) is 31.2 Å². The van der Waals surface area contributed by atoms with Crippen LogP contribution in [0.5, 0.6) is 0 Å². The number of benzene rings is 3. The fraction of sp³-hybridized carbons (Fsp3) is 0.310. The van der Waals surface area contributed by atoms with Gasteiger partial charge in [-0.05, 0) is 61.7 Å². The van der Waals surface area contributed by atoms with Crippen molar-refractivity contribution in [2.75, 3.05) is 10.8 Å². The third-order valence-electron chi connectivity index (χ3n) is 6.46. The highest BCUT2D eigenvalue weighted by molar-refractivity contribution is 7.92. The van der Waals surface area contributed by atoms with Gasteiger partial charge < -0.3 is 10.2 Å². The number of halogens is 3. The Bertz CT molecular complexity index is 1440. The topological polar surface area (TPSA) is 86.8 Å². The maximum absolute atomic E-state index is 15.0. The van der Waals surface area contributed by atoms with Crippen molar-refractivity contribution in [1.82, 2.24) is 10.2 Å². The largest absolute Gasteiger partial charge is 0.352 e. The van der Waals surface area contributed by atoms with Gasteiger partial charge in [-0.3, -0.25) is 13.9 Å². The minimum absolute atomic E-state index is 0.0569. The predicted molar refractivity (Wildman–Crippen MR) is 156 cm³/mol. The molecule has 0 fully saturated rings. The summed E-state index contributed by atoms with van der Waals surface area (Å²) in [6.45, 7) is 4.73. The zero-order valence-corrected chi connectivity index (χ0v) is 24.8. The molecule has 2 atom stereocenters. The molecule has 0 heterocycles. The maximum atomic E-state index is 15.0. The maximum Gasteiger partial charge on any atom is 0.264 e. The van der Waals surface area contributed by atoms with Crippen molar-refractivity contribution in [3.05, 3.63) is 94.2 Å². The van der Waals surface area contributed by atoms with E-state index >= 15 is 0 Å². The van der Waals surface area contributed by atoms with Gasteiger partial charge in [0, 0.05) is 12.6 Å². The lowest BCUT2D eigenvalue weighted by Gasteiger charge is -2.33. The smallest absolute Gasteiger partial charge is 0.264 e. The number of hydrogen-bond donors (Lipinski definition) is 1. The molecule has 3 aromatic rings. The van der Waals surface area contributed by atoms with Crippen molar-refractivity contribution in [3.8, 4) is 0 Å². The Kier molecular flexibility index (Phi) is 11.0. The molecule has 7 nitrogen and oxygen atoms in total. The van der Waals surface area contributed by atoms with Crippen LogP contribution in [0.3, 0.4) is 0 Å². The number of nitrogens with one attached hydrogen (secondary N) is 1. The van der Waals surface area contributed by atoms with Gasteiger partial charge in [-0.25, -0.2) is 12.8 Å². The quantitative estimate of drug-likeness (QED) is 0.271. The Labute approximate surface area is 244 Å². The molecule has 0 spiro atoms. The highest BCUT2D eigenvalue weighted by atomic mass is 35.5. The zero-order valence-electron chi connectivity index (χ0n) is 22.5. The molecule has 0 saturated heterocycles. The first-order valence-corrected chi connectivity index (χ1v) is 15.0. The second kappa shape index (κ2) is 14.0. The Balaban J connectivity index is 2.07. The number of rotatable bonds is 12. The predicted octanol–water partition coefficient (Wildman–Crippen LogP) is 6.05. The number of amides is 2. The van der Waals surface area contributed by atoms with Gasteiger partial charge in [0.25, 0.3) is 10.0 Å². The van der Waals surface area contributed by atoms with Crippen LogP contribution in [-0.4, -0.2) is 43.8 Å². The fourth-order valence-electron chi connectivity index (χ4n) is 4.08. The van der Waals surface area contributed by atoms with E-state index in [1.807, 2.05) is 13.8 Å². The molecule has 0 saturated carbocycles. The number of carbonyl (C=O) groups is 2. The molecule has 214 valence electrons. The number of carbonyl (C=O) groups excluding carboxylic acids is 2. The third kappa shape index (κ3) is 7.53. The van der Waals surface area contributed by atoms with Crippen molar-refractivity contribution < 1.29 is 22.4 Å². The van der Waals surface area contributed by atoms with Gasteiger partial charge in [0.2, 0.25) is 11.8 Å². The molecule has 3 aromatic carbocycles. The summed E-state index contributed by atoms with van der Waals surface area (Å²) < 4.78 is 43.2. The van der Waals surface area contributed by atoms with Crippen LogP contribution in [-0.2, 0) is 26.2 Å². The standard InChI is InChI=1S/C29H32Cl2FN3O4S/c1-4-20(3)33-29(37)26(5-2)34(18-21-15-16-23(30)24(31)17-21)28(36)19-35(27-14-10-9-13-25(27)32)40(38,39)22-11-7-6-8-12-22/h6-17,20,26H,4-5,18-19H2,1-3H3,(H,33,37)/t20-,26-/m0/s1. The molecular formula is C29H32Cl2FN3O4S.